The third kappa shape index (κ3) is 2.99. The van der Waals surface area contributed by atoms with Gasteiger partial charge in [0.1, 0.15) is 17.4 Å². The number of fused-ring (bicyclic) bond motifs is 2. The molecule has 0 bridgehead atoms. The lowest BCUT2D eigenvalue weighted by Crippen LogP contribution is -2.40. The minimum Gasteiger partial charge on any atom is -0.449 e. The smallest absolute Gasteiger partial charge is 0.449 e. The third-order valence-corrected chi connectivity index (χ3v) is 6.37. The molecule has 0 amide bonds. The molecule has 3 aliphatic rings. The van der Waals surface area contributed by atoms with Crippen molar-refractivity contribution in [2.75, 3.05) is 24.5 Å². The van der Waals surface area contributed by atoms with Gasteiger partial charge in [0.05, 0.1) is 22.8 Å². The summed E-state index contributed by atoms with van der Waals surface area (Å²) in [5.41, 5.74) is -0.0404. The van der Waals surface area contributed by atoms with E-state index < -0.39 is 17.4 Å². The maximum absolute atomic E-state index is 15.3. The zero-order chi connectivity index (χ0) is 21.0. The Kier molecular flexibility index (Phi) is 4.40. The first-order valence-electron chi connectivity index (χ1n) is 10.2. The lowest BCUT2D eigenvalue weighted by Gasteiger charge is -2.24. The zero-order valence-electron chi connectivity index (χ0n) is 16.2. The van der Waals surface area contributed by atoms with Crippen LogP contribution in [0.4, 0.5) is 14.9 Å². The first-order chi connectivity index (χ1) is 14.5. The predicted molar refractivity (Wildman–Crippen MR) is 107 cm³/mol. The van der Waals surface area contributed by atoms with Gasteiger partial charge < -0.3 is 24.6 Å². The number of aromatic nitrogens is 1. The molecule has 3 fully saturated rings. The third-order valence-electron chi connectivity index (χ3n) is 6.37. The molecule has 2 unspecified atom stereocenters. The van der Waals surface area contributed by atoms with Crippen molar-refractivity contribution in [2.24, 2.45) is 5.92 Å². The van der Waals surface area contributed by atoms with Crippen molar-refractivity contribution in [1.82, 2.24) is 9.88 Å². The van der Waals surface area contributed by atoms with Crippen LogP contribution >= 0.6 is 0 Å². The molecule has 5 rings (SSSR count). The lowest BCUT2D eigenvalue weighted by atomic mass is 9.94. The molecule has 1 aromatic heterocycles. The fourth-order valence-electron chi connectivity index (χ4n) is 4.91. The maximum Gasteiger partial charge on any atom is 0.511 e. The fourth-order valence-corrected chi connectivity index (χ4v) is 4.91. The molecule has 2 saturated heterocycles. The molecule has 9 heteroatoms. The summed E-state index contributed by atoms with van der Waals surface area (Å²) in [7, 11) is 0. The van der Waals surface area contributed by atoms with E-state index in [-0.39, 0.29) is 34.5 Å². The Labute approximate surface area is 171 Å². The van der Waals surface area contributed by atoms with Gasteiger partial charge in [-0.2, -0.15) is 5.26 Å². The van der Waals surface area contributed by atoms with Gasteiger partial charge in [-0.1, -0.05) is 0 Å². The summed E-state index contributed by atoms with van der Waals surface area (Å²) in [6, 6.07) is 3.54. The number of benzene rings is 1. The van der Waals surface area contributed by atoms with Crippen LogP contribution in [0, 0.1) is 23.1 Å². The highest BCUT2D eigenvalue weighted by atomic mass is 19.1. The van der Waals surface area contributed by atoms with Crippen molar-refractivity contribution in [1.29, 1.82) is 5.26 Å². The number of halogens is 1. The summed E-state index contributed by atoms with van der Waals surface area (Å²) in [6.07, 6.45) is 3.53. The lowest BCUT2D eigenvalue weighted by molar-refractivity contribution is 0.143. The molecule has 1 aromatic carbocycles. The largest absolute Gasteiger partial charge is 0.511 e. The summed E-state index contributed by atoms with van der Waals surface area (Å²) in [4.78, 5) is 25.7. The number of anilines is 1. The quantitative estimate of drug-likeness (QED) is 0.746. The van der Waals surface area contributed by atoms with Gasteiger partial charge in [0, 0.05) is 25.2 Å². The molecule has 156 valence electrons. The molecule has 2 aromatic rings. The molecule has 2 N–H and O–H groups in total. The number of carbonyl (C=O) groups is 1. The van der Waals surface area contributed by atoms with Crippen LogP contribution in [0.2, 0.25) is 0 Å². The summed E-state index contributed by atoms with van der Waals surface area (Å²) in [5.74, 6) is -0.628. The highest BCUT2D eigenvalue weighted by Crippen LogP contribution is 2.41. The number of hydrogen-bond acceptors (Lipinski definition) is 6. The Morgan fingerprint density at radius 3 is 2.80 bits per heavy atom. The maximum atomic E-state index is 15.3. The Balaban J connectivity index is 1.71. The SMILES string of the molecule is N#Cc1c(N2CC3CCCNC3C2)c(F)cc2c(=O)c(OC(=O)O)cn(C3CC3)c12. The van der Waals surface area contributed by atoms with Crippen molar-refractivity contribution < 1.29 is 19.0 Å². The van der Waals surface area contributed by atoms with Crippen LogP contribution in [0.1, 0.15) is 37.3 Å². The van der Waals surface area contributed by atoms with E-state index in [1.807, 2.05) is 4.90 Å². The summed E-state index contributed by atoms with van der Waals surface area (Å²) in [5, 5.41) is 22.4. The van der Waals surface area contributed by atoms with E-state index in [1.165, 1.54) is 6.20 Å². The van der Waals surface area contributed by atoms with E-state index in [0.717, 1.165) is 38.3 Å². The first-order valence-corrected chi connectivity index (χ1v) is 10.2. The minimum absolute atomic E-state index is 0.0254. The molecule has 2 atom stereocenters. The van der Waals surface area contributed by atoms with Gasteiger partial charge in [0.2, 0.25) is 5.43 Å². The number of piperidine rings is 1. The van der Waals surface area contributed by atoms with Gasteiger partial charge in [-0.05, 0) is 44.2 Å². The Morgan fingerprint density at radius 1 is 1.33 bits per heavy atom. The van der Waals surface area contributed by atoms with Crippen molar-refractivity contribution in [3.8, 4) is 11.8 Å². The van der Waals surface area contributed by atoms with Gasteiger partial charge in [-0.3, -0.25) is 4.79 Å². The minimum atomic E-state index is -1.61. The molecule has 8 nitrogen and oxygen atoms in total. The molecule has 30 heavy (non-hydrogen) atoms. The standard InChI is InChI=1S/C21H21FN4O4/c22-15-6-13-18(26(12-3-4-12)10-17(20(13)27)30-21(28)29)14(7-23)19(15)25-8-11-2-1-5-24-16(11)9-25/h6,10-12,16,24H,1-5,8-9H2,(H,28,29). The normalized spacial score (nSPS) is 23.3. The second-order valence-electron chi connectivity index (χ2n) is 8.29. The topological polar surface area (TPSA) is 108 Å². The van der Waals surface area contributed by atoms with Crippen LogP contribution in [0.15, 0.2) is 17.1 Å². The molecular formula is C21H21FN4O4. The number of pyridine rings is 1. The molecular weight excluding hydrogens is 391 g/mol. The van der Waals surface area contributed by atoms with E-state index in [0.29, 0.717) is 24.5 Å². The Hall–Kier alpha value is -3.12. The molecule has 0 radical (unpaired) electrons. The number of nitrogens with one attached hydrogen (secondary N) is 1. The fraction of sp³-hybridized carbons (Fsp3) is 0.476. The van der Waals surface area contributed by atoms with Gasteiger partial charge >= 0.3 is 6.16 Å². The van der Waals surface area contributed by atoms with Crippen LogP contribution in [0.3, 0.4) is 0 Å². The number of nitrogens with zero attached hydrogens (tertiary/aromatic N) is 3. The number of ether oxygens (including phenoxy) is 1. The number of nitriles is 1. The van der Waals surface area contributed by atoms with Crippen molar-refractivity contribution in [3.05, 3.63) is 33.9 Å². The second-order valence-corrected chi connectivity index (χ2v) is 8.29. The number of carboxylic acid groups (broad SMARTS) is 1. The molecule has 0 spiro atoms. The van der Waals surface area contributed by atoms with E-state index in [1.54, 1.807) is 4.57 Å². The Morgan fingerprint density at radius 2 is 2.13 bits per heavy atom. The summed E-state index contributed by atoms with van der Waals surface area (Å²) in [6.45, 7) is 2.20. The van der Waals surface area contributed by atoms with Gasteiger partial charge in [0.25, 0.3) is 0 Å². The Bertz CT molecular complexity index is 1140. The van der Waals surface area contributed by atoms with Crippen molar-refractivity contribution >= 4 is 22.7 Å². The van der Waals surface area contributed by atoms with Gasteiger partial charge in [-0.25, -0.2) is 9.18 Å². The van der Waals surface area contributed by atoms with Gasteiger partial charge in [-0.15, -0.1) is 0 Å². The highest BCUT2D eigenvalue weighted by Gasteiger charge is 2.37. The van der Waals surface area contributed by atoms with Crippen LogP contribution in [-0.2, 0) is 0 Å². The highest BCUT2D eigenvalue weighted by molar-refractivity contribution is 5.92. The van der Waals surface area contributed by atoms with Crippen LogP contribution < -0.4 is 20.4 Å². The second kappa shape index (κ2) is 6.99. The summed E-state index contributed by atoms with van der Waals surface area (Å²) >= 11 is 0. The van der Waals surface area contributed by atoms with Crippen LogP contribution in [-0.4, -0.2) is 41.5 Å². The monoisotopic (exact) mass is 412 g/mol. The van der Waals surface area contributed by atoms with E-state index in [2.05, 4.69) is 16.1 Å². The van der Waals surface area contributed by atoms with E-state index >= 15 is 4.39 Å². The van der Waals surface area contributed by atoms with Crippen LogP contribution in [0.25, 0.3) is 10.9 Å². The zero-order valence-corrected chi connectivity index (χ0v) is 16.2. The molecule has 1 saturated carbocycles. The first kappa shape index (κ1) is 18.9. The average Bonchev–Trinajstić information content (AvgIpc) is 3.47. The molecule has 1 aliphatic carbocycles. The van der Waals surface area contributed by atoms with Gasteiger partial charge in [0.15, 0.2) is 5.75 Å². The van der Waals surface area contributed by atoms with Crippen molar-refractivity contribution in [3.63, 3.8) is 0 Å². The van der Waals surface area contributed by atoms with E-state index in [9.17, 15) is 14.9 Å². The molecule has 3 heterocycles. The number of rotatable bonds is 3. The predicted octanol–water partition coefficient (Wildman–Crippen LogP) is 2.59. The number of hydrogen-bond donors (Lipinski definition) is 2. The molecule has 2 aliphatic heterocycles. The van der Waals surface area contributed by atoms with E-state index in [4.69, 9.17) is 5.11 Å². The average molecular weight is 412 g/mol. The van der Waals surface area contributed by atoms with Crippen LogP contribution in [0.5, 0.6) is 5.75 Å². The summed E-state index contributed by atoms with van der Waals surface area (Å²) < 4.78 is 21.6. The van der Waals surface area contributed by atoms with Crippen molar-refractivity contribution in [2.45, 2.75) is 37.8 Å².